The Morgan fingerprint density at radius 1 is 1.33 bits per heavy atom. The van der Waals surface area contributed by atoms with Gasteiger partial charge >= 0.3 is 0 Å². The Balaban J connectivity index is 1.80. The smallest absolute Gasteiger partial charge is 0.0701 e. The standard InChI is InChI=1S/C11H11BrN2S/c12-11-4-10(8-15-11)7-14-6-9-2-1-3-13-5-9/h1-5,8,14H,6-7H2. The van der Waals surface area contributed by atoms with Gasteiger partial charge in [-0.05, 0) is 44.6 Å². The summed E-state index contributed by atoms with van der Waals surface area (Å²) in [6, 6.07) is 6.17. The van der Waals surface area contributed by atoms with E-state index < -0.39 is 0 Å². The zero-order valence-electron chi connectivity index (χ0n) is 8.11. The number of rotatable bonds is 4. The van der Waals surface area contributed by atoms with Crippen molar-refractivity contribution in [2.24, 2.45) is 0 Å². The van der Waals surface area contributed by atoms with Gasteiger partial charge in [-0.15, -0.1) is 11.3 Å². The summed E-state index contributed by atoms with van der Waals surface area (Å²) in [4.78, 5) is 4.07. The largest absolute Gasteiger partial charge is 0.309 e. The van der Waals surface area contributed by atoms with Crippen LogP contribution in [-0.2, 0) is 13.1 Å². The molecule has 0 aliphatic rings. The van der Waals surface area contributed by atoms with E-state index >= 15 is 0 Å². The minimum Gasteiger partial charge on any atom is -0.309 e. The van der Waals surface area contributed by atoms with Crippen molar-refractivity contribution in [2.75, 3.05) is 0 Å². The van der Waals surface area contributed by atoms with E-state index in [-0.39, 0.29) is 0 Å². The van der Waals surface area contributed by atoms with Gasteiger partial charge in [-0.3, -0.25) is 4.98 Å². The van der Waals surface area contributed by atoms with Gasteiger partial charge in [0.2, 0.25) is 0 Å². The molecule has 0 aliphatic carbocycles. The Hall–Kier alpha value is -0.710. The summed E-state index contributed by atoms with van der Waals surface area (Å²) in [6.07, 6.45) is 3.68. The van der Waals surface area contributed by atoms with Crippen LogP contribution in [0.5, 0.6) is 0 Å². The summed E-state index contributed by atoms with van der Waals surface area (Å²) >= 11 is 5.16. The van der Waals surface area contributed by atoms with Gasteiger partial charge in [-0.2, -0.15) is 0 Å². The third-order valence-electron chi connectivity index (χ3n) is 2.00. The summed E-state index contributed by atoms with van der Waals surface area (Å²) < 4.78 is 1.18. The molecule has 0 saturated heterocycles. The highest BCUT2D eigenvalue weighted by Gasteiger charge is 1.96. The quantitative estimate of drug-likeness (QED) is 0.932. The molecule has 2 aromatic heterocycles. The van der Waals surface area contributed by atoms with E-state index in [0.29, 0.717) is 0 Å². The van der Waals surface area contributed by atoms with Crippen LogP contribution in [-0.4, -0.2) is 4.98 Å². The number of thiophene rings is 1. The molecule has 0 saturated carbocycles. The zero-order valence-corrected chi connectivity index (χ0v) is 10.5. The van der Waals surface area contributed by atoms with Gasteiger partial charge in [0, 0.05) is 25.5 Å². The SMILES string of the molecule is Brc1cc(CNCc2cccnc2)cs1. The molecule has 0 bridgehead atoms. The van der Waals surface area contributed by atoms with Crippen LogP contribution in [0, 0.1) is 0 Å². The minimum atomic E-state index is 0.862. The zero-order chi connectivity index (χ0) is 10.5. The number of pyridine rings is 1. The van der Waals surface area contributed by atoms with Crippen molar-refractivity contribution >= 4 is 27.3 Å². The molecule has 1 N–H and O–H groups in total. The molecule has 15 heavy (non-hydrogen) atoms. The molecule has 0 unspecified atom stereocenters. The summed E-state index contributed by atoms with van der Waals surface area (Å²) in [7, 11) is 0. The van der Waals surface area contributed by atoms with Gasteiger partial charge in [0.15, 0.2) is 0 Å². The Kier molecular flexibility index (Phi) is 3.88. The number of halogens is 1. The highest BCUT2D eigenvalue weighted by atomic mass is 79.9. The van der Waals surface area contributed by atoms with Crippen molar-refractivity contribution in [2.45, 2.75) is 13.1 Å². The van der Waals surface area contributed by atoms with Crippen LogP contribution >= 0.6 is 27.3 Å². The number of hydrogen-bond donors (Lipinski definition) is 1. The third kappa shape index (κ3) is 3.41. The molecule has 2 rings (SSSR count). The van der Waals surface area contributed by atoms with Crippen molar-refractivity contribution in [1.82, 2.24) is 10.3 Å². The van der Waals surface area contributed by atoms with Gasteiger partial charge in [0.1, 0.15) is 0 Å². The molecule has 0 spiro atoms. The lowest BCUT2D eigenvalue weighted by Gasteiger charge is -2.02. The van der Waals surface area contributed by atoms with Crippen molar-refractivity contribution in [1.29, 1.82) is 0 Å². The first-order valence-corrected chi connectivity index (χ1v) is 6.34. The fourth-order valence-electron chi connectivity index (χ4n) is 1.29. The highest BCUT2D eigenvalue weighted by Crippen LogP contribution is 2.20. The van der Waals surface area contributed by atoms with E-state index in [9.17, 15) is 0 Å². The summed E-state index contributed by atoms with van der Waals surface area (Å²) in [6.45, 7) is 1.76. The monoisotopic (exact) mass is 282 g/mol. The Morgan fingerprint density at radius 2 is 2.20 bits per heavy atom. The van der Waals surface area contributed by atoms with E-state index in [4.69, 9.17) is 0 Å². The maximum Gasteiger partial charge on any atom is 0.0701 e. The van der Waals surface area contributed by atoms with E-state index in [1.165, 1.54) is 14.9 Å². The summed E-state index contributed by atoms with van der Waals surface area (Å²) in [5.41, 5.74) is 2.53. The Labute approximate surface area is 101 Å². The molecule has 0 atom stereocenters. The van der Waals surface area contributed by atoms with Crippen LogP contribution < -0.4 is 5.32 Å². The molecule has 2 aromatic rings. The van der Waals surface area contributed by atoms with Crippen LogP contribution in [0.4, 0.5) is 0 Å². The number of nitrogens with one attached hydrogen (secondary N) is 1. The van der Waals surface area contributed by atoms with Gasteiger partial charge in [0.25, 0.3) is 0 Å². The predicted octanol–water partition coefficient (Wildman–Crippen LogP) is 3.20. The van der Waals surface area contributed by atoms with Crippen molar-refractivity contribution in [3.05, 3.63) is 50.9 Å². The van der Waals surface area contributed by atoms with E-state index in [1.54, 1.807) is 17.5 Å². The normalized spacial score (nSPS) is 10.5. The molecular weight excluding hydrogens is 272 g/mol. The first-order valence-electron chi connectivity index (χ1n) is 4.67. The number of nitrogens with zero attached hydrogens (tertiary/aromatic N) is 1. The Morgan fingerprint density at radius 3 is 2.87 bits per heavy atom. The second kappa shape index (κ2) is 5.39. The minimum absolute atomic E-state index is 0.862. The first kappa shape index (κ1) is 10.8. The Bertz CT molecular complexity index is 414. The van der Waals surface area contributed by atoms with Gasteiger partial charge in [0.05, 0.1) is 3.79 Å². The van der Waals surface area contributed by atoms with Gasteiger partial charge in [-0.1, -0.05) is 6.07 Å². The topological polar surface area (TPSA) is 24.9 Å². The van der Waals surface area contributed by atoms with Crippen molar-refractivity contribution in [3.8, 4) is 0 Å². The predicted molar refractivity (Wildman–Crippen MR) is 66.8 cm³/mol. The molecule has 2 nitrogen and oxygen atoms in total. The molecule has 0 amide bonds. The summed E-state index contributed by atoms with van der Waals surface area (Å²) in [5, 5.41) is 5.53. The fraction of sp³-hybridized carbons (Fsp3) is 0.182. The maximum absolute atomic E-state index is 4.07. The van der Waals surface area contributed by atoms with Crippen molar-refractivity contribution in [3.63, 3.8) is 0 Å². The lowest BCUT2D eigenvalue weighted by molar-refractivity contribution is 0.693. The first-order chi connectivity index (χ1) is 7.34. The maximum atomic E-state index is 4.07. The van der Waals surface area contributed by atoms with Crippen LogP contribution in [0.25, 0.3) is 0 Å². The molecule has 0 fully saturated rings. The van der Waals surface area contributed by atoms with E-state index in [2.05, 4.69) is 43.7 Å². The van der Waals surface area contributed by atoms with Crippen LogP contribution in [0.1, 0.15) is 11.1 Å². The van der Waals surface area contributed by atoms with Crippen LogP contribution in [0.2, 0.25) is 0 Å². The number of hydrogen-bond acceptors (Lipinski definition) is 3. The van der Waals surface area contributed by atoms with Gasteiger partial charge < -0.3 is 5.32 Å². The summed E-state index contributed by atoms with van der Waals surface area (Å²) in [5.74, 6) is 0. The molecule has 0 aliphatic heterocycles. The van der Waals surface area contributed by atoms with E-state index in [0.717, 1.165) is 13.1 Å². The molecular formula is C11H11BrN2S. The second-order valence-electron chi connectivity index (χ2n) is 3.22. The molecule has 4 heteroatoms. The molecule has 0 aromatic carbocycles. The van der Waals surface area contributed by atoms with Crippen molar-refractivity contribution < 1.29 is 0 Å². The average molecular weight is 283 g/mol. The van der Waals surface area contributed by atoms with Crippen LogP contribution in [0.15, 0.2) is 39.8 Å². The lowest BCUT2D eigenvalue weighted by Crippen LogP contribution is -2.12. The number of aromatic nitrogens is 1. The second-order valence-corrected chi connectivity index (χ2v) is 5.51. The van der Waals surface area contributed by atoms with Crippen LogP contribution in [0.3, 0.4) is 0 Å². The van der Waals surface area contributed by atoms with E-state index in [1.807, 2.05) is 12.3 Å². The molecule has 78 valence electrons. The highest BCUT2D eigenvalue weighted by molar-refractivity contribution is 9.11. The molecule has 2 heterocycles. The average Bonchev–Trinajstić information content (AvgIpc) is 2.66. The fourth-order valence-corrected chi connectivity index (χ4v) is 2.50. The van der Waals surface area contributed by atoms with Gasteiger partial charge in [-0.25, -0.2) is 0 Å². The molecule has 0 radical (unpaired) electrons. The third-order valence-corrected chi connectivity index (χ3v) is 3.56. The lowest BCUT2D eigenvalue weighted by atomic mass is 10.3.